The molecule has 5 heteroatoms. The van der Waals surface area contributed by atoms with Crippen LogP contribution in [0.4, 0.5) is 0 Å². The van der Waals surface area contributed by atoms with Gasteiger partial charge in [0.05, 0.1) is 0 Å². The first kappa shape index (κ1) is 12.5. The number of aromatic nitrogens is 1. The molecule has 4 nitrogen and oxygen atoms in total. The van der Waals surface area contributed by atoms with E-state index >= 15 is 0 Å². The number of nitrogens with zero attached hydrogens (tertiary/aromatic N) is 2. The van der Waals surface area contributed by atoms with E-state index in [1.807, 2.05) is 13.1 Å². The lowest BCUT2D eigenvalue weighted by atomic mass is 10.1. The number of halogens is 1. The summed E-state index contributed by atoms with van der Waals surface area (Å²) in [7, 11) is 1.85. The van der Waals surface area contributed by atoms with E-state index in [0.29, 0.717) is 5.69 Å². The molecule has 1 atom stereocenters. The van der Waals surface area contributed by atoms with Crippen LogP contribution in [0.15, 0.2) is 22.8 Å². The van der Waals surface area contributed by atoms with Crippen LogP contribution in [0.25, 0.3) is 0 Å². The summed E-state index contributed by atoms with van der Waals surface area (Å²) < 4.78 is 0.885. The van der Waals surface area contributed by atoms with Crippen molar-refractivity contribution < 1.29 is 4.79 Å². The third kappa shape index (κ3) is 3.04. The monoisotopic (exact) mass is 297 g/mol. The number of likely N-dealkylation sites (N-methyl/N-ethyl adjacent to an activating group) is 1. The first-order chi connectivity index (χ1) is 8.18. The summed E-state index contributed by atoms with van der Waals surface area (Å²) in [4.78, 5) is 18.1. The summed E-state index contributed by atoms with van der Waals surface area (Å²) in [6.45, 7) is 1.92. The van der Waals surface area contributed by atoms with Crippen molar-refractivity contribution in [2.75, 3.05) is 20.1 Å². The SMILES string of the molecule is CN(C(=O)c1ccc(Br)cn1)C1CCCNC1. The van der Waals surface area contributed by atoms with E-state index < -0.39 is 0 Å². The van der Waals surface area contributed by atoms with Gasteiger partial charge in [-0.1, -0.05) is 0 Å². The summed E-state index contributed by atoms with van der Waals surface area (Å²) in [5.41, 5.74) is 0.501. The molecule has 0 aliphatic carbocycles. The van der Waals surface area contributed by atoms with E-state index in [1.165, 1.54) is 0 Å². The van der Waals surface area contributed by atoms with Crippen molar-refractivity contribution in [2.24, 2.45) is 0 Å². The highest BCUT2D eigenvalue weighted by molar-refractivity contribution is 9.10. The average Bonchev–Trinajstić information content (AvgIpc) is 2.39. The Morgan fingerprint density at radius 3 is 3.00 bits per heavy atom. The normalized spacial score (nSPS) is 20.0. The molecule has 1 N–H and O–H groups in total. The zero-order chi connectivity index (χ0) is 12.3. The van der Waals surface area contributed by atoms with Gasteiger partial charge in [0.2, 0.25) is 0 Å². The lowest BCUT2D eigenvalue weighted by molar-refractivity contribution is 0.0702. The van der Waals surface area contributed by atoms with Crippen molar-refractivity contribution in [3.05, 3.63) is 28.5 Å². The molecule has 0 saturated carbocycles. The number of carbonyl (C=O) groups is 1. The summed E-state index contributed by atoms with van der Waals surface area (Å²) in [5.74, 6) is -0.00815. The minimum Gasteiger partial charge on any atom is -0.336 e. The summed E-state index contributed by atoms with van der Waals surface area (Å²) in [6.07, 6.45) is 3.84. The highest BCUT2D eigenvalue weighted by atomic mass is 79.9. The molecule has 1 aliphatic rings. The fourth-order valence-electron chi connectivity index (χ4n) is 2.01. The quantitative estimate of drug-likeness (QED) is 0.903. The van der Waals surface area contributed by atoms with E-state index in [1.54, 1.807) is 17.2 Å². The van der Waals surface area contributed by atoms with Crippen molar-refractivity contribution in [3.8, 4) is 0 Å². The average molecular weight is 298 g/mol. The highest BCUT2D eigenvalue weighted by Crippen LogP contribution is 2.13. The Hall–Kier alpha value is -0.940. The number of carbonyl (C=O) groups excluding carboxylic acids is 1. The molecule has 1 saturated heterocycles. The van der Waals surface area contributed by atoms with E-state index in [9.17, 15) is 4.79 Å². The third-order valence-corrected chi connectivity index (χ3v) is 3.55. The van der Waals surface area contributed by atoms with Gasteiger partial charge < -0.3 is 10.2 Å². The van der Waals surface area contributed by atoms with Gasteiger partial charge in [0.25, 0.3) is 5.91 Å². The second-order valence-corrected chi connectivity index (χ2v) is 5.19. The molecule has 1 aromatic rings. The molecule has 1 unspecified atom stereocenters. The van der Waals surface area contributed by atoms with Crippen molar-refractivity contribution in [1.29, 1.82) is 0 Å². The maximum atomic E-state index is 12.2. The lowest BCUT2D eigenvalue weighted by Crippen LogP contribution is -2.46. The molecule has 0 aromatic carbocycles. The molecule has 2 rings (SSSR count). The van der Waals surface area contributed by atoms with Crippen LogP contribution in [-0.4, -0.2) is 42.0 Å². The lowest BCUT2D eigenvalue weighted by Gasteiger charge is -2.31. The molecule has 92 valence electrons. The molecule has 0 spiro atoms. The van der Waals surface area contributed by atoms with Crippen molar-refractivity contribution in [1.82, 2.24) is 15.2 Å². The topological polar surface area (TPSA) is 45.2 Å². The predicted molar refractivity (Wildman–Crippen MR) is 69.9 cm³/mol. The van der Waals surface area contributed by atoms with Gasteiger partial charge >= 0.3 is 0 Å². The first-order valence-corrected chi connectivity index (χ1v) is 6.57. The number of amides is 1. The fraction of sp³-hybridized carbons (Fsp3) is 0.500. The Kier molecular flexibility index (Phi) is 4.12. The Bertz CT molecular complexity index is 387. The molecule has 1 aromatic heterocycles. The largest absolute Gasteiger partial charge is 0.336 e. The Morgan fingerprint density at radius 2 is 2.41 bits per heavy atom. The van der Waals surface area contributed by atoms with Gasteiger partial charge in [-0.15, -0.1) is 0 Å². The minimum atomic E-state index is -0.00815. The van der Waals surface area contributed by atoms with Gasteiger partial charge in [-0.25, -0.2) is 4.98 Å². The van der Waals surface area contributed by atoms with Gasteiger partial charge in [0.15, 0.2) is 0 Å². The van der Waals surface area contributed by atoms with Crippen LogP contribution >= 0.6 is 15.9 Å². The van der Waals surface area contributed by atoms with Crippen LogP contribution in [0.2, 0.25) is 0 Å². The second-order valence-electron chi connectivity index (χ2n) is 4.28. The first-order valence-electron chi connectivity index (χ1n) is 5.78. The highest BCUT2D eigenvalue weighted by Gasteiger charge is 2.23. The van der Waals surface area contributed by atoms with Gasteiger partial charge in [0.1, 0.15) is 5.69 Å². The minimum absolute atomic E-state index is 0.00815. The molecular formula is C12H16BrN3O. The molecule has 17 heavy (non-hydrogen) atoms. The molecule has 1 fully saturated rings. The van der Waals surface area contributed by atoms with Gasteiger partial charge in [-0.3, -0.25) is 4.79 Å². The fourth-order valence-corrected chi connectivity index (χ4v) is 2.25. The summed E-state index contributed by atoms with van der Waals surface area (Å²) in [5, 5.41) is 3.31. The molecular weight excluding hydrogens is 282 g/mol. The standard InChI is InChI=1S/C12H16BrN3O/c1-16(10-3-2-6-14-8-10)12(17)11-5-4-9(13)7-15-11/h4-5,7,10,14H,2-3,6,8H2,1H3. The molecule has 1 aliphatic heterocycles. The molecule has 2 heterocycles. The predicted octanol–water partition coefficient (Wildman–Crippen LogP) is 1.67. The Morgan fingerprint density at radius 1 is 1.59 bits per heavy atom. The number of nitrogens with one attached hydrogen (secondary N) is 1. The Balaban J connectivity index is 2.05. The van der Waals surface area contributed by atoms with Crippen LogP contribution in [0.5, 0.6) is 0 Å². The van der Waals surface area contributed by atoms with Crippen LogP contribution in [-0.2, 0) is 0 Å². The second kappa shape index (κ2) is 5.60. The van der Waals surface area contributed by atoms with Crippen LogP contribution < -0.4 is 5.32 Å². The van der Waals surface area contributed by atoms with E-state index in [-0.39, 0.29) is 11.9 Å². The smallest absolute Gasteiger partial charge is 0.272 e. The molecule has 0 bridgehead atoms. The number of rotatable bonds is 2. The molecule has 1 amide bonds. The van der Waals surface area contributed by atoms with Gasteiger partial charge in [-0.2, -0.15) is 0 Å². The number of pyridine rings is 1. The van der Waals surface area contributed by atoms with Gasteiger partial charge in [0, 0.05) is 30.3 Å². The van der Waals surface area contributed by atoms with E-state index in [2.05, 4.69) is 26.2 Å². The van der Waals surface area contributed by atoms with Crippen LogP contribution in [0.1, 0.15) is 23.3 Å². The van der Waals surface area contributed by atoms with E-state index in [0.717, 1.165) is 30.4 Å². The van der Waals surface area contributed by atoms with Crippen LogP contribution in [0.3, 0.4) is 0 Å². The van der Waals surface area contributed by atoms with Crippen molar-refractivity contribution in [2.45, 2.75) is 18.9 Å². The molecule has 0 radical (unpaired) electrons. The summed E-state index contributed by atoms with van der Waals surface area (Å²) >= 11 is 3.31. The zero-order valence-electron chi connectivity index (χ0n) is 9.82. The van der Waals surface area contributed by atoms with Gasteiger partial charge in [-0.05, 0) is 47.4 Å². The summed E-state index contributed by atoms with van der Waals surface area (Å²) in [6, 6.07) is 3.87. The maximum absolute atomic E-state index is 12.2. The van der Waals surface area contributed by atoms with Crippen molar-refractivity contribution >= 4 is 21.8 Å². The third-order valence-electron chi connectivity index (χ3n) is 3.09. The van der Waals surface area contributed by atoms with Crippen LogP contribution in [0, 0.1) is 0 Å². The zero-order valence-corrected chi connectivity index (χ0v) is 11.4. The maximum Gasteiger partial charge on any atom is 0.272 e. The number of piperidine rings is 1. The number of hydrogen-bond donors (Lipinski definition) is 1. The Labute approximate surface area is 110 Å². The van der Waals surface area contributed by atoms with E-state index in [4.69, 9.17) is 0 Å². The number of hydrogen-bond acceptors (Lipinski definition) is 3. The van der Waals surface area contributed by atoms with Crippen molar-refractivity contribution in [3.63, 3.8) is 0 Å².